The van der Waals surface area contributed by atoms with Crippen molar-refractivity contribution in [2.75, 3.05) is 11.9 Å². The maximum atomic E-state index is 9.92. The number of nitrogens with one attached hydrogen (secondary N) is 1. The van der Waals surface area contributed by atoms with Crippen LogP contribution in [0.4, 0.5) is 5.69 Å². The Balaban J connectivity index is 2.26. The average molecular weight is 287 g/mol. The zero-order valence-electron chi connectivity index (χ0n) is 12.6. The lowest BCUT2D eigenvalue weighted by Crippen LogP contribution is -2.08. The molecule has 112 valence electrons. The summed E-state index contributed by atoms with van der Waals surface area (Å²) in [4.78, 5) is 0. The molecule has 1 atom stereocenters. The van der Waals surface area contributed by atoms with Crippen LogP contribution >= 0.6 is 0 Å². The largest absolute Gasteiger partial charge is 0.508 e. The van der Waals surface area contributed by atoms with E-state index >= 15 is 0 Å². The predicted molar refractivity (Wildman–Crippen MR) is 84.2 cm³/mol. The summed E-state index contributed by atoms with van der Waals surface area (Å²) in [6.07, 6.45) is 0. The van der Waals surface area contributed by atoms with Crippen molar-refractivity contribution < 1.29 is 14.9 Å². The van der Waals surface area contributed by atoms with Gasteiger partial charge in [-0.3, -0.25) is 0 Å². The third-order valence-corrected chi connectivity index (χ3v) is 3.29. The molecule has 0 aromatic heterocycles. The Bertz CT molecular complexity index is 625. The molecule has 0 aliphatic carbocycles. The van der Waals surface area contributed by atoms with E-state index in [0.717, 1.165) is 17.0 Å². The minimum atomic E-state index is -0.168. The quantitative estimate of drug-likeness (QED) is 0.728. The summed E-state index contributed by atoms with van der Waals surface area (Å²) >= 11 is 0. The second-order valence-electron chi connectivity index (χ2n) is 5.04. The molecule has 2 aromatic carbocycles. The van der Waals surface area contributed by atoms with Crippen LogP contribution in [0.5, 0.6) is 17.2 Å². The number of hydrogen-bond donors (Lipinski definition) is 3. The molecule has 0 saturated carbocycles. The molecule has 0 heterocycles. The molecule has 0 bridgehead atoms. The lowest BCUT2D eigenvalue weighted by molar-refractivity contribution is 0.341. The van der Waals surface area contributed by atoms with Gasteiger partial charge in [0.25, 0.3) is 0 Å². The van der Waals surface area contributed by atoms with Crippen LogP contribution in [0, 0.1) is 6.92 Å². The number of anilines is 1. The van der Waals surface area contributed by atoms with Crippen LogP contribution in [0.3, 0.4) is 0 Å². The number of ether oxygens (including phenoxy) is 1. The zero-order chi connectivity index (χ0) is 15.4. The maximum Gasteiger partial charge on any atom is 0.142 e. The first-order valence-corrected chi connectivity index (χ1v) is 7.03. The Hall–Kier alpha value is -2.36. The van der Waals surface area contributed by atoms with E-state index < -0.39 is 0 Å². The van der Waals surface area contributed by atoms with E-state index in [1.807, 2.05) is 39.0 Å². The van der Waals surface area contributed by atoms with Gasteiger partial charge in [-0.05, 0) is 56.7 Å². The summed E-state index contributed by atoms with van der Waals surface area (Å²) in [7, 11) is 0. The summed E-state index contributed by atoms with van der Waals surface area (Å²) in [5.41, 5.74) is 2.62. The van der Waals surface area contributed by atoms with E-state index in [4.69, 9.17) is 4.74 Å². The van der Waals surface area contributed by atoms with Crippen molar-refractivity contribution in [3.8, 4) is 17.2 Å². The van der Waals surface area contributed by atoms with Gasteiger partial charge in [-0.1, -0.05) is 6.07 Å². The molecule has 3 N–H and O–H groups in total. The van der Waals surface area contributed by atoms with Gasteiger partial charge in [0.05, 0.1) is 18.3 Å². The van der Waals surface area contributed by atoms with Crippen LogP contribution in [0.1, 0.15) is 31.0 Å². The number of aryl methyl sites for hydroxylation is 1. The fourth-order valence-corrected chi connectivity index (χ4v) is 2.22. The third kappa shape index (κ3) is 3.60. The van der Waals surface area contributed by atoms with Gasteiger partial charge >= 0.3 is 0 Å². The number of hydrogen-bond acceptors (Lipinski definition) is 4. The minimum Gasteiger partial charge on any atom is -0.508 e. The molecule has 2 rings (SSSR count). The van der Waals surface area contributed by atoms with Gasteiger partial charge in [-0.15, -0.1) is 0 Å². The average Bonchev–Trinajstić information content (AvgIpc) is 2.44. The molecule has 4 nitrogen and oxygen atoms in total. The van der Waals surface area contributed by atoms with Gasteiger partial charge in [0, 0.05) is 5.56 Å². The first kappa shape index (κ1) is 15.0. The second-order valence-corrected chi connectivity index (χ2v) is 5.04. The number of phenols is 2. The topological polar surface area (TPSA) is 61.7 Å². The van der Waals surface area contributed by atoms with Crippen LogP contribution in [0.15, 0.2) is 36.4 Å². The summed E-state index contributed by atoms with van der Waals surface area (Å²) < 4.78 is 5.63. The number of benzene rings is 2. The standard InChI is InChI=1S/C17H21NO3/c1-4-21-17-9-11(2)5-7-15(17)18-12(3)14-10-13(19)6-8-16(14)20/h5-10,12,18-20H,4H2,1-3H3. The van der Waals surface area contributed by atoms with Gasteiger partial charge in [0.1, 0.15) is 17.2 Å². The smallest absolute Gasteiger partial charge is 0.142 e. The third-order valence-electron chi connectivity index (χ3n) is 3.29. The highest BCUT2D eigenvalue weighted by Gasteiger charge is 2.13. The molecule has 4 heteroatoms. The van der Waals surface area contributed by atoms with Gasteiger partial charge in [0.15, 0.2) is 0 Å². The second kappa shape index (κ2) is 6.39. The van der Waals surface area contributed by atoms with Gasteiger partial charge in [-0.25, -0.2) is 0 Å². The molecule has 0 radical (unpaired) electrons. The van der Waals surface area contributed by atoms with Crippen molar-refractivity contribution in [3.63, 3.8) is 0 Å². The van der Waals surface area contributed by atoms with E-state index in [9.17, 15) is 10.2 Å². The normalized spacial score (nSPS) is 12.0. The van der Waals surface area contributed by atoms with Crippen LogP contribution in [-0.4, -0.2) is 16.8 Å². The van der Waals surface area contributed by atoms with E-state index in [-0.39, 0.29) is 17.5 Å². The molecule has 2 aromatic rings. The van der Waals surface area contributed by atoms with E-state index in [2.05, 4.69) is 5.32 Å². The molecule has 0 aliphatic heterocycles. The van der Waals surface area contributed by atoms with Crippen molar-refractivity contribution in [3.05, 3.63) is 47.5 Å². The molecule has 0 amide bonds. The first-order chi connectivity index (χ1) is 10.0. The molecular weight excluding hydrogens is 266 g/mol. The van der Waals surface area contributed by atoms with Crippen molar-refractivity contribution in [2.24, 2.45) is 0 Å². The molecular formula is C17H21NO3. The first-order valence-electron chi connectivity index (χ1n) is 7.03. The van der Waals surface area contributed by atoms with E-state index in [1.165, 1.54) is 12.1 Å². The summed E-state index contributed by atoms with van der Waals surface area (Å²) in [5, 5.41) is 22.8. The zero-order valence-corrected chi connectivity index (χ0v) is 12.6. The molecule has 0 spiro atoms. The Kier molecular flexibility index (Phi) is 4.58. The fourth-order valence-electron chi connectivity index (χ4n) is 2.22. The van der Waals surface area contributed by atoms with Gasteiger partial charge in [0.2, 0.25) is 0 Å². The van der Waals surface area contributed by atoms with Crippen LogP contribution in [0.25, 0.3) is 0 Å². The Morgan fingerprint density at radius 1 is 1.14 bits per heavy atom. The fraction of sp³-hybridized carbons (Fsp3) is 0.294. The van der Waals surface area contributed by atoms with E-state index in [1.54, 1.807) is 6.07 Å². The molecule has 0 aliphatic rings. The molecule has 21 heavy (non-hydrogen) atoms. The number of aromatic hydroxyl groups is 2. The Morgan fingerprint density at radius 2 is 1.90 bits per heavy atom. The SMILES string of the molecule is CCOc1cc(C)ccc1NC(C)c1cc(O)ccc1O. The molecule has 0 saturated heterocycles. The highest BCUT2D eigenvalue weighted by Crippen LogP contribution is 2.33. The minimum absolute atomic E-state index is 0.130. The van der Waals surface area contributed by atoms with Crippen LogP contribution in [-0.2, 0) is 0 Å². The van der Waals surface area contributed by atoms with Crippen molar-refractivity contribution in [2.45, 2.75) is 26.8 Å². The van der Waals surface area contributed by atoms with Crippen molar-refractivity contribution in [1.82, 2.24) is 0 Å². The number of phenolic OH excluding ortho intramolecular Hbond substituents is 2. The Labute approximate surface area is 125 Å². The van der Waals surface area contributed by atoms with Gasteiger partial charge in [-0.2, -0.15) is 0 Å². The molecule has 0 fully saturated rings. The predicted octanol–water partition coefficient (Wildman–Crippen LogP) is 3.98. The lowest BCUT2D eigenvalue weighted by atomic mass is 10.1. The van der Waals surface area contributed by atoms with Crippen LogP contribution < -0.4 is 10.1 Å². The lowest BCUT2D eigenvalue weighted by Gasteiger charge is -2.20. The summed E-state index contributed by atoms with van der Waals surface area (Å²) in [5.74, 6) is 1.06. The van der Waals surface area contributed by atoms with Crippen molar-refractivity contribution >= 4 is 5.69 Å². The highest BCUT2D eigenvalue weighted by molar-refractivity contribution is 5.59. The molecule has 1 unspecified atom stereocenters. The monoisotopic (exact) mass is 287 g/mol. The van der Waals surface area contributed by atoms with E-state index in [0.29, 0.717) is 12.2 Å². The van der Waals surface area contributed by atoms with Crippen LogP contribution in [0.2, 0.25) is 0 Å². The highest BCUT2D eigenvalue weighted by atomic mass is 16.5. The van der Waals surface area contributed by atoms with Gasteiger partial charge < -0.3 is 20.3 Å². The Morgan fingerprint density at radius 3 is 2.62 bits per heavy atom. The summed E-state index contributed by atoms with van der Waals surface area (Å²) in [6.45, 7) is 6.46. The number of rotatable bonds is 5. The summed E-state index contributed by atoms with van der Waals surface area (Å²) in [6, 6.07) is 10.3. The van der Waals surface area contributed by atoms with Crippen molar-refractivity contribution in [1.29, 1.82) is 0 Å². The maximum absolute atomic E-state index is 9.92.